The van der Waals surface area contributed by atoms with E-state index in [9.17, 15) is 9.59 Å². The van der Waals surface area contributed by atoms with Crippen LogP contribution in [0.4, 0.5) is 0 Å². The van der Waals surface area contributed by atoms with Crippen LogP contribution < -0.4 is 5.32 Å². The van der Waals surface area contributed by atoms with Gasteiger partial charge in [0.2, 0.25) is 11.8 Å². The molecule has 0 saturated carbocycles. The van der Waals surface area contributed by atoms with Crippen LogP contribution in [0.15, 0.2) is 48.5 Å². The molecule has 0 aliphatic carbocycles. The Balaban J connectivity index is 1.47. The summed E-state index contributed by atoms with van der Waals surface area (Å²) in [5, 5.41) is 2.94. The molecule has 2 amide bonds. The van der Waals surface area contributed by atoms with E-state index in [0.29, 0.717) is 6.54 Å². The van der Waals surface area contributed by atoms with Crippen molar-refractivity contribution in [2.45, 2.75) is 45.1 Å². The molecule has 0 unspecified atom stereocenters. The molecule has 6 nitrogen and oxygen atoms in total. The molecule has 3 aromatic rings. The molecular formula is C24H28N4O2. The van der Waals surface area contributed by atoms with Crippen LogP contribution in [0.2, 0.25) is 0 Å². The fraction of sp³-hybridized carbons (Fsp3) is 0.375. The number of hydrogen-bond acceptors (Lipinski definition) is 3. The van der Waals surface area contributed by atoms with E-state index < -0.39 is 0 Å². The van der Waals surface area contributed by atoms with E-state index >= 15 is 0 Å². The number of carbonyl (C=O) groups excluding carboxylic acids is 2. The topological polar surface area (TPSA) is 78.1 Å². The molecule has 1 fully saturated rings. The number of aromatic nitrogens is 2. The quantitative estimate of drug-likeness (QED) is 0.678. The van der Waals surface area contributed by atoms with Crippen molar-refractivity contribution in [1.29, 1.82) is 0 Å². The molecule has 0 radical (unpaired) electrons. The number of nitrogens with zero attached hydrogens (tertiary/aromatic N) is 2. The summed E-state index contributed by atoms with van der Waals surface area (Å²) >= 11 is 0. The normalized spacial score (nSPS) is 17.7. The average Bonchev–Trinajstić information content (AvgIpc) is 3.18. The summed E-state index contributed by atoms with van der Waals surface area (Å²) in [4.78, 5) is 34.9. The van der Waals surface area contributed by atoms with Gasteiger partial charge in [0.1, 0.15) is 5.82 Å². The van der Waals surface area contributed by atoms with Crippen molar-refractivity contribution in [3.8, 4) is 0 Å². The van der Waals surface area contributed by atoms with Crippen molar-refractivity contribution in [3.05, 3.63) is 65.5 Å². The van der Waals surface area contributed by atoms with Gasteiger partial charge < -0.3 is 15.2 Å². The first-order valence-corrected chi connectivity index (χ1v) is 10.6. The fourth-order valence-electron chi connectivity index (χ4n) is 4.19. The van der Waals surface area contributed by atoms with Crippen LogP contribution in [0, 0.1) is 6.92 Å². The number of H-pyrrole nitrogens is 1. The van der Waals surface area contributed by atoms with Gasteiger partial charge in [-0.15, -0.1) is 0 Å². The third kappa shape index (κ3) is 4.53. The number of fused-ring (bicyclic) bond motifs is 1. The molecule has 4 rings (SSSR count). The molecule has 2 aromatic carbocycles. The zero-order valence-electron chi connectivity index (χ0n) is 17.5. The van der Waals surface area contributed by atoms with Crippen LogP contribution in [-0.2, 0) is 9.59 Å². The molecular weight excluding hydrogens is 376 g/mol. The number of carbonyl (C=O) groups is 2. The molecule has 1 aliphatic heterocycles. The van der Waals surface area contributed by atoms with Gasteiger partial charge in [0.25, 0.3) is 0 Å². The first kappa shape index (κ1) is 20.1. The van der Waals surface area contributed by atoms with Crippen LogP contribution in [0.5, 0.6) is 0 Å². The molecule has 1 aromatic heterocycles. The molecule has 30 heavy (non-hydrogen) atoms. The number of hydrogen-bond donors (Lipinski definition) is 2. The molecule has 1 saturated heterocycles. The summed E-state index contributed by atoms with van der Waals surface area (Å²) in [5.74, 6) is 1.08. The van der Waals surface area contributed by atoms with Crippen molar-refractivity contribution in [1.82, 2.24) is 20.2 Å². The van der Waals surface area contributed by atoms with Crippen LogP contribution in [0.1, 0.15) is 55.1 Å². The van der Waals surface area contributed by atoms with E-state index in [0.717, 1.165) is 47.4 Å². The van der Waals surface area contributed by atoms with Crippen molar-refractivity contribution >= 4 is 22.8 Å². The Hall–Kier alpha value is -3.15. The van der Waals surface area contributed by atoms with E-state index in [1.807, 2.05) is 60.4 Å². The van der Waals surface area contributed by atoms with Crippen molar-refractivity contribution < 1.29 is 9.59 Å². The lowest BCUT2D eigenvalue weighted by Crippen LogP contribution is -2.41. The highest BCUT2D eigenvalue weighted by atomic mass is 16.2. The maximum atomic E-state index is 13.1. The highest BCUT2D eigenvalue weighted by Crippen LogP contribution is 2.28. The van der Waals surface area contributed by atoms with Crippen molar-refractivity contribution in [2.75, 3.05) is 13.1 Å². The maximum Gasteiger partial charge on any atom is 0.225 e. The van der Waals surface area contributed by atoms with E-state index in [1.54, 1.807) is 0 Å². The van der Waals surface area contributed by atoms with Gasteiger partial charge in [0.05, 0.1) is 23.5 Å². The summed E-state index contributed by atoms with van der Waals surface area (Å²) in [6.07, 6.45) is 2.22. The predicted octanol–water partition coefficient (Wildman–Crippen LogP) is 3.84. The standard InChI is InChI=1S/C24H28N4O2/c1-16-9-11-18(12-10-16)22(25-17(2)29)14-23(30)28-13-5-6-19(15-28)24-26-20-7-3-4-8-21(20)27-24/h3-4,7-12,19,22H,5-6,13-15H2,1-2H3,(H,25,29)(H,26,27)/t19-,22-/m1/s1. The van der Waals surface area contributed by atoms with Crippen molar-refractivity contribution in [3.63, 3.8) is 0 Å². The van der Waals surface area contributed by atoms with Gasteiger partial charge in [-0.1, -0.05) is 42.0 Å². The van der Waals surface area contributed by atoms with Gasteiger partial charge in [0, 0.05) is 25.9 Å². The van der Waals surface area contributed by atoms with Crippen LogP contribution in [-0.4, -0.2) is 39.8 Å². The molecule has 6 heteroatoms. The number of likely N-dealkylation sites (tertiary alicyclic amines) is 1. The Morgan fingerprint density at radius 2 is 1.97 bits per heavy atom. The zero-order chi connectivity index (χ0) is 21.1. The summed E-state index contributed by atoms with van der Waals surface area (Å²) < 4.78 is 0. The number of aryl methyl sites for hydroxylation is 1. The first-order valence-electron chi connectivity index (χ1n) is 10.6. The summed E-state index contributed by atoms with van der Waals surface area (Å²) in [6, 6.07) is 15.7. The second-order valence-corrected chi connectivity index (χ2v) is 8.19. The minimum Gasteiger partial charge on any atom is -0.349 e. The van der Waals surface area contributed by atoms with Crippen LogP contribution in [0.25, 0.3) is 11.0 Å². The van der Waals surface area contributed by atoms with Crippen molar-refractivity contribution in [2.24, 2.45) is 0 Å². The fourth-order valence-corrected chi connectivity index (χ4v) is 4.19. The summed E-state index contributed by atoms with van der Waals surface area (Å²) in [6.45, 7) is 4.91. The Kier molecular flexibility index (Phi) is 5.84. The number of imidazole rings is 1. The number of rotatable bonds is 5. The average molecular weight is 405 g/mol. The van der Waals surface area contributed by atoms with E-state index in [2.05, 4.69) is 10.3 Å². The molecule has 2 heterocycles. The molecule has 0 spiro atoms. The number of amides is 2. The minimum atomic E-state index is -0.317. The number of aromatic amines is 1. The lowest BCUT2D eigenvalue weighted by molar-refractivity contribution is -0.133. The lowest BCUT2D eigenvalue weighted by Gasteiger charge is -2.33. The summed E-state index contributed by atoms with van der Waals surface area (Å²) in [5.41, 5.74) is 4.09. The zero-order valence-corrected chi connectivity index (χ0v) is 17.5. The Bertz CT molecular complexity index is 1010. The van der Waals surface area contributed by atoms with Gasteiger partial charge in [-0.3, -0.25) is 9.59 Å². The Morgan fingerprint density at radius 1 is 1.20 bits per heavy atom. The maximum absolute atomic E-state index is 13.1. The third-order valence-electron chi connectivity index (χ3n) is 5.80. The largest absolute Gasteiger partial charge is 0.349 e. The molecule has 1 aliphatic rings. The predicted molar refractivity (Wildman–Crippen MR) is 117 cm³/mol. The van der Waals surface area contributed by atoms with Crippen LogP contribution >= 0.6 is 0 Å². The highest BCUT2D eigenvalue weighted by Gasteiger charge is 2.28. The number of nitrogens with one attached hydrogen (secondary N) is 2. The Labute approximate surface area is 176 Å². The Morgan fingerprint density at radius 3 is 2.70 bits per heavy atom. The molecule has 0 bridgehead atoms. The lowest BCUT2D eigenvalue weighted by atomic mass is 9.96. The SMILES string of the molecule is CC(=O)N[C@H](CC(=O)N1CCC[C@@H](c2nc3ccccc3[nH]2)C1)c1ccc(C)cc1. The van der Waals surface area contributed by atoms with Gasteiger partial charge in [0.15, 0.2) is 0 Å². The minimum absolute atomic E-state index is 0.0649. The van der Waals surface area contributed by atoms with Gasteiger partial charge in [-0.2, -0.15) is 0 Å². The number of benzene rings is 2. The van der Waals surface area contributed by atoms with Crippen LogP contribution in [0.3, 0.4) is 0 Å². The van der Waals surface area contributed by atoms with Gasteiger partial charge >= 0.3 is 0 Å². The monoisotopic (exact) mass is 404 g/mol. The second kappa shape index (κ2) is 8.69. The number of piperidine rings is 1. The van der Waals surface area contributed by atoms with E-state index in [1.165, 1.54) is 6.92 Å². The first-order chi connectivity index (χ1) is 14.5. The molecule has 2 N–H and O–H groups in total. The third-order valence-corrected chi connectivity index (χ3v) is 5.80. The van der Waals surface area contributed by atoms with Gasteiger partial charge in [-0.05, 0) is 37.5 Å². The summed E-state index contributed by atoms with van der Waals surface area (Å²) in [7, 11) is 0. The van der Waals surface area contributed by atoms with E-state index in [4.69, 9.17) is 4.98 Å². The highest BCUT2D eigenvalue weighted by molar-refractivity contribution is 5.79. The molecule has 2 atom stereocenters. The van der Waals surface area contributed by atoms with E-state index in [-0.39, 0.29) is 30.2 Å². The van der Waals surface area contributed by atoms with Gasteiger partial charge in [-0.25, -0.2) is 4.98 Å². The second-order valence-electron chi connectivity index (χ2n) is 8.19. The smallest absolute Gasteiger partial charge is 0.225 e. The molecule has 156 valence electrons. The number of para-hydroxylation sites is 2.